The van der Waals surface area contributed by atoms with Crippen molar-refractivity contribution in [3.8, 4) is 0 Å². The summed E-state index contributed by atoms with van der Waals surface area (Å²) in [5.41, 5.74) is 6.08. The number of benzene rings is 1. The predicted molar refractivity (Wildman–Crippen MR) is 52.4 cm³/mol. The van der Waals surface area contributed by atoms with Gasteiger partial charge in [0.15, 0.2) is 0 Å². The average Bonchev–Trinajstić information content (AvgIpc) is 2.17. The first-order valence-corrected chi connectivity index (χ1v) is 4.33. The van der Waals surface area contributed by atoms with Crippen LogP contribution < -0.4 is 5.73 Å². The van der Waals surface area contributed by atoms with Gasteiger partial charge in [0.2, 0.25) is 0 Å². The van der Waals surface area contributed by atoms with E-state index in [0.29, 0.717) is 10.6 Å². The molecule has 0 fully saturated rings. The van der Waals surface area contributed by atoms with E-state index in [1.54, 1.807) is 0 Å². The van der Waals surface area contributed by atoms with Gasteiger partial charge in [-0.1, -0.05) is 11.6 Å². The van der Waals surface area contributed by atoms with E-state index in [-0.39, 0.29) is 12.2 Å². The summed E-state index contributed by atoms with van der Waals surface area (Å²) in [6.07, 6.45) is 0. The number of aliphatic hydroxyl groups excluding tert-OH is 1. The SMILES string of the molecule is N[C@H](CO)c1cc(C(=O)O)ccc1Cl. The van der Waals surface area contributed by atoms with E-state index < -0.39 is 12.0 Å². The second-order valence-electron chi connectivity index (χ2n) is 2.83. The average molecular weight is 216 g/mol. The number of carboxylic acid groups (broad SMARTS) is 1. The van der Waals surface area contributed by atoms with Crippen molar-refractivity contribution < 1.29 is 15.0 Å². The minimum atomic E-state index is -1.05. The highest BCUT2D eigenvalue weighted by Gasteiger charge is 2.12. The fourth-order valence-corrected chi connectivity index (χ4v) is 1.32. The van der Waals surface area contributed by atoms with Gasteiger partial charge >= 0.3 is 5.97 Å². The van der Waals surface area contributed by atoms with Crippen molar-refractivity contribution in [1.82, 2.24) is 0 Å². The summed E-state index contributed by atoms with van der Waals surface area (Å²) in [5, 5.41) is 17.9. The highest BCUT2D eigenvalue weighted by Crippen LogP contribution is 2.22. The van der Waals surface area contributed by atoms with Gasteiger partial charge in [-0.15, -0.1) is 0 Å². The Morgan fingerprint density at radius 1 is 1.57 bits per heavy atom. The summed E-state index contributed by atoms with van der Waals surface area (Å²) < 4.78 is 0. The molecule has 0 aliphatic rings. The van der Waals surface area contributed by atoms with Gasteiger partial charge in [0, 0.05) is 5.02 Å². The Bertz CT molecular complexity index is 354. The predicted octanol–water partition coefficient (Wildman–Crippen LogP) is 1.03. The summed E-state index contributed by atoms with van der Waals surface area (Å²) >= 11 is 5.79. The molecule has 1 aromatic carbocycles. The lowest BCUT2D eigenvalue weighted by molar-refractivity contribution is 0.0696. The van der Waals surface area contributed by atoms with Gasteiger partial charge in [-0.25, -0.2) is 4.79 Å². The van der Waals surface area contributed by atoms with Crippen molar-refractivity contribution in [3.63, 3.8) is 0 Å². The maximum Gasteiger partial charge on any atom is 0.335 e. The van der Waals surface area contributed by atoms with Gasteiger partial charge < -0.3 is 15.9 Å². The highest BCUT2D eigenvalue weighted by molar-refractivity contribution is 6.31. The number of carboxylic acids is 1. The van der Waals surface area contributed by atoms with Crippen molar-refractivity contribution in [2.45, 2.75) is 6.04 Å². The van der Waals surface area contributed by atoms with Crippen LogP contribution in [0.4, 0.5) is 0 Å². The third-order valence-electron chi connectivity index (χ3n) is 1.84. The van der Waals surface area contributed by atoms with E-state index in [1.165, 1.54) is 18.2 Å². The van der Waals surface area contributed by atoms with Gasteiger partial charge in [0.1, 0.15) is 0 Å². The van der Waals surface area contributed by atoms with Crippen molar-refractivity contribution >= 4 is 17.6 Å². The standard InChI is InChI=1S/C9H10ClNO3/c10-7-2-1-5(9(13)14)3-6(7)8(11)4-12/h1-3,8,12H,4,11H2,(H,13,14)/t8-/m1/s1. The second kappa shape index (κ2) is 4.41. The van der Waals surface area contributed by atoms with E-state index in [1.807, 2.05) is 0 Å². The third kappa shape index (κ3) is 2.23. The zero-order chi connectivity index (χ0) is 10.7. The molecule has 76 valence electrons. The molecule has 0 spiro atoms. The normalized spacial score (nSPS) is 12.5. The van der Waals surface area contributed by atoms with Crippen LogP contribution in [0.3, 0.4) is 0 Å². The second-order valence-corrected chi connectivity index (χ2v) is 3.24. The van der Waals surface area contributed by atoms with Gasteiger partial charge in [0.05, 0.1) is 18.2 Å². The maximum absolute atomic E-state index is 10.6. The Hall–Kier alpha value is -1.10. The number of carbonyl (C=O) groups is 1. The van der Waals surface area contributed by atoms with E-state index in [9.17, 15) is 4.79 Å². The van der Waals surface area contributed by atoms with E-state index >= 15 is 0 Å². The smallest absolute Gasteiger partial charge is 0.335 e. The van der Waals surface area contributed by atoms with Crippen LogP contribution >= 0.6 is 11.6 Å². The lowest BCUT2D eigenvalue weighted by Crippen LogP contribution is -2.15. The Balaban J connectivity index is 3.14. The van der Waals surface area contributed by atoms with Crippen molar-refractivity contribution in [2.75, 3.05) is 6.61 Å². The molecule has 0 radical (unpaired) electrons. The van der Waals surface area contributed by atoms with Crippen molar-refractivity contribution in [2.24, 2.45) is 5.73 Å². The summed E-state index contributed by atoms with van der Waals surface area (Å²) in [6, 6.07) is 3.56. The van der Waals surface area contributed by atoms with Gasteiger partial charge in [-0.2, -0.15) is 0 Å². The van der Waals surface area contributed by atoms with Gasteiger partial charge in [-0.3, -0.25) is 0 Å². The first-order valence-electron chi connectivity index (χ1n) is 3.95. The zero-order valence-corrected chi connectivity index (χ0v) is 8.03. The van der Waals surface area contributed by atoms with E-state index in [4.69, 9.17) is 27.5 Å². The number of halogens is 1. The van der Waals surface area contributed by atoms with Crippen LogP contribution in [0.2, 0.25) is 5.02 Å². The highest BCUT2D eigenvalue weighted by atomic mass is 35.5. The molecule has 0 heterocycles. The van der Waals surface area contributed by atoms with Crippen LogP contribution in [0.1, 0.15) is 22.0 Å². The molecule has 0 aliphatic carbocycles. The molecule has 0 unspecified atom stereocenters. The van der Waals surface area contributed by atoms with Crippen LogP contribution in [0.25, 0.3) is 0 Å². The Morgan fingerprint density at radius 3 is 2.71 bits per heavy atom. The lowest BCUT2D eigenvalue weighted by Gasteiger charge is -2.11. The molecular formula is C9H10ClNO3. The number of hydrogen-bond donors (Lipinski definition) is 3. The van der Waals surface area contributed by atoms with Crippen LogP contribution in [0, 0.1) is 0 Å². The van der Waals surface area contributed by atoms with Crippen LogP contribution in [0.15, 0.2) is 18.2 Å². The largest absolute Gasteiger partial charge is 0.478 e. The summed E-state index contributed by atoms with van der Waals surface area (Å²) in [5.74, 6) is -1.05. The molecular weight excluding hydrogens is 206 g/mol. The van der Waals surface area contributed by atoms with Crippen LogP contribution in [-0.4, -0.2) is 22.8 Å². The lowest BCUT2D eigenvalue weighted by atomic mass is 10.1. The summed E-state index contributed by atoms with van der Waals surface area (Å²) in [4.78, 5) is 10.6. The van der Waals surface area contributed by atoms with E-state index in [2.05, 4.69) is 0 Å². The molecule has 14 heavy (non-hydrogen) atoms. The maximum atomic E-state index is 10.6. The Labute approximate surface area is 85.9 Å². The molecule has 1 atom stereocenters. The molecule has 5 heteroatoms. The number of nitrogens with two attached hydrogens (primary N) is 1. The van der Waals surface area contributed by atoms with Gasteiger partial charge in [0.25, 0.3) is 0 Å². The number of aliphatic hydroxyl groups is 1. The van der Waals surface area contributed by atoms with Crippen LogP contribution in [0.5, 0.6) is 0 Å². The first kappa shape index (κ1) is 11.0. The Morgan fingerprint density at radius 2 is 2.21 bits per heavy atom. The summed E-state index contributed by atoms with van der Waals surface area (Å²) in [7, 11) is 0. The molecule has 4 nitrogen and oxygen atoms in total. The number of rotatable bonds is 3. The van der Waals surface area contributed by atoms with E-state index in [0.717, 1.165) is 0 Å². The molecule has 0 aromatic heterocycles. The minimum absolute atomic E-state index is 0.105. The molecule has 1 aromatic rings. The molecule has 4 N–H and O–H groups in total. The van der Waals surface area contributed by atoms with Gasteiger partial charge in [-0.05, 0) is 23.8 Å². The van der Waals surface area contributed by atoms with Crippen molar-refractivity contribution in [1.29, 1.82) is 0 Å². The molecule has 0 amide bonds. The monoisotopic (exact) mass is 215 g/mol. The summed E-state index contributed by atoms with van der Waals surface area (Å²) in [6.45, 7) is -0.275. The molecule has 0 saturated heterocycles. The van der Waals surface area contributed by atoms with Crippen LogP contribution in [-0.2, 0) is 0 Å². The topological polar surface area (TPSA) is 83.5 Å². The zero-order valence-electron chi connectivity index (χ0n) is 7.27. The fraction of sp³-hybridized carbons (Fsp3) is 0.222. The first-order chi connectivity index (χ1) is 6.56. The third-order valence-corrected chi connectivity index (χ3v) is 2.18. The molecule has 0 bridgehead atoms. The molecule has 0 saturated carbocycles. The number of hydrogen-bond acceptors (Lipinski definition) is 3. The Kier molecular flexibility index (Phi) is 3.46. The van der Waals surface area contributed by atoms with Crippen molar-refractivity contribution in [3.05, 3.63) is 34.3 Å². The molecule has 0 aliphatic heterocycles. The quantitative estimate of drug-likeness (QED) is 0.703. The molecule has 1 rings (SSSR count). The fourth-order valence-electron chi connectivity index (χ4n) is 1.06. The number of aromatic carboxylic acids is 1. The minimum Gasteiger partial charge on any atom is -0.478 e.